The lowest BCUT2D eigenvalue weighted by molar-refractivity contribution is -0.138. The minimum atomic E-state index is -0.322. The number of esters is 1. The average molecular weight is 588 g/mol. The Balaban J connectivity index is 1.48. The van der Waals surface area contributed by atoms with Gasteiger partial charge in [0.05, 0.1) is 18.3 Å². The van der Waals surface area contributed by atoms with E-state index in [2.05, 4.69) is 29.4 Å². The molecule has 0 bridgehead atoms. The van der Waals surface area contributed by atoms with Crippen LogP contribution in [0.4, 0.5) is 0 Å². The number of nitrogens with one attached hydrogen (secondary N) is 1. The summed E-state index contributed by atoms with van der Waals surface area (Å²) in [5.74, 6) is 0.581. The molecule has 1 N–H and O–H groups in total. The minimum Gasteiger partial charge on any atom is -0.489 e. The first kappa shape index (κ1) is 31.2. The molecule has 1 aliphatic heterocycles. The normalized spacial score (nSPS) is 15.7. The molecule has 0 unspecified atom stereocenters. The van der Waals surface area contributed by atoms with Crippen LogP contribution in [-0.4, -0.2) is 48.5 Å². The molecule has 0 spiro atoms. The monoisotopic (exact) mass is 587 g/mol. The summed E-state index contributed by atoms with van der Waals surface area (Å²) in [5.41, 5.74) is 4.44. The third-order valence-corrected chi connectivity index (χ3v) is 8.25. The third-order valence-electron chi connectivity index (χ3n) is 7.27. The van der Waals surface area contributed by atoms with Crippen molar-refractivity contribution in [3.8, 4) is 5.75 Å². The SMILES string of the molecule is CCOC(=O)/C(C)=C\C(C)=C\c1csc([C@H](Cc2ccc(OCc3ccccc3)cc2)NC(=O)C2CCN(C)CC2)n1. The predicted octanol–water partition coefficient (Wildman–Crippen LogP) is 6.38. The second-order valence-electron chi connectivity index (χ2n) is 10.8. The van der Waals surface area contributed by atoms with Gasteiger partial charge in [0.25, 0.3) is 0 Å². The molecular weight excluding hydrogens is 546 g/mol. The quantitative estimate of drug-likeness (QED) is 0.151. The molecule has 1 atom stereocenters. The molecule has 1 fully saturated rings. The first-order chi connectivity index (χ1) is 20.3. The van der Waals surface area contributed by atoms with Gasteiger partial charge in [-0.05, 0) is 101 Å². The van der Waals surface area contributed by atoms with E-state index in [9.17, 15) is 9.59 Å². The first-order valence-corrected chi connectivity index (χ1v) is 15.4. The lowest BCUT2D eigenvalue weighted by Crippen LogP contribution is -2.40. The smallest absolute Gasteiger partial charge is 0.333 e. The van der Waals surface area contributed by atoms with Gasteiger partial charge in [0.15, 0.2) is 0 Å². The second kappa shape index (κ2) is 15.5. The van der Waals surface area contributed by atoms with Crippen LogP contribution in [0.3, 0.4) is 0 Å². The van der Waals surface area contributed by atoms with E-state index in [0.29, 0.717) is 25.2 Å². The summed E-state index contributed by atoms with van der Waals surface area (Å²) >= 11 is 1.53. The highest BCUT2D eigenvalue weighted by Crippen LogP contribution is 2.27. The van der Waals surface area contributed by atoms with Gasteiger partial charge in [-0.15, -0.1) is 11.3 Å². The van der Waals surface area contributed by atoms with Crippen molar-refractivity contribution in [3.05, 3.63) is 99.0 Å². The molecule has 0 radical (unpaired) electrons. The zero-order valence-electron chi connectivity index (χ0n) is 25.0. The highest BCUT2D eigenvalue weighted by Gasteiger charge is 2.27. The van der Waals surface area contributed by atoms with Crippen molar-refractivity contribution in [1.29, 1.82) is 0 Å². The van der Waals surface area contributed by atoms with Crippen LogP contribution in [0.2, 0.25) is 0 Å². The number of carbonyl (C=O) groups is 2. The van der Waals surface area contributed by atoms with Crippen LogP contribution < -0.4 is 10.1 Å². The molecular formula is C34H41N3O4S. The van der Waals surface area contributed by atoms with Crippen LogP contribution in [0, 0.1) is 5.92 Å². The molecule has 222 valence electrons. The molecule has 42 heavy (non-hydrogen) atoms. The zero-order valence-corrected chi connectivity index (χ0v) is 25.8. The molecule has 4 rings (SSSR count). The maximum atomic E-state index is 13.3. The highest BCUT2D eigenvalue weighted by molar-refractivity contribution is 7.09. The molecule has 2 heterocycles. The van der Waals surface area contributed by atoms with Crippen molar-refractivity contribution in [1.82, 2.24) is 15.2 Å². The summed E-state index contributed by atoms with van der Waals surface area (Å²) in [6.45, 7) is 8.18. The van der Waals surface area contributed by atoms with Crippen LogP contribution in [-0.2, 0) is 27.4 Å². The van der Waals surface area contributed by atoms with Gasteiger partial charge in [0, 0.05) is 16.9 Å². The van der Waals surface area contributed by atoms with Crippen molar-refractivity contribution >= 4 is 29.3 Å². The number of hydrogen-bond donors (Lipinski definition) is 1. The molecule has 1 saturated heterocycles. The fourth-order valence-corrected chi connectivity index (χ4v) is 5.73. The second-order valence-corrected chi connectivity index (χ2v) is 11.7. The molecule has 1 amide bonds. The Labute approximate surface area is 253 Å². The van der Waals surface area contributed by atoms with Crippen molar-refractivity contribution in [2.45, 2.75) is 52.7 Å². The number of amides is 1. The van der Waals surface area contributed by atoms with Crippen molar-refractivity contribution < 1.29 is 19.1 Å². The first-order valence-electron chi connectivity index (χ1n) is 14.5. The van der Waals surface area contributed by atoms with E-state index in [4.69, 9.17) is 14.5 Å². The van der Waals surface area contributed by atoms with E-state index in [1.54, 1.807) is 19.9 Å². The fraction of sp³-hybridized carbons (Fsp3) is 0.382. The maximum absolute atomic E-state index is 13.3. The van der Waals surface area contributed by atoms with Crippen molar-refractivity contribution in [2.24, 2.45) is 5.92 Å². The fourth-order valence-electron chi connectivity index (χ4n) is 4.91. The lowest BCUT2D eigenvalue weighted by Gasteiger charge is -2.29. The van der Waals surface area contributed by atoms with Gasteiger partial charge < -0.3 is 19.7 Å². The van der Waals surface area contributed by atoms with Crippen LogP contribution in [0.25, 0.3) is 6.08 Å². The summed E-state index contributed by atoms with van der Waals surface area (Å²) in [7, 11) is 2.10. The van der Waals surface area contributed by atoms with Crippen molar-refractivity contribution in [2.75, 3.05) is 26.7 Å². The summed E-state index contributed by atoms with van der Waals surface area (Å²) in [6, 6.07) is 17.9. The predicted molar refractivity (Wildman–Crippen MR) is 168 cm³/mol. The van der Waals surface area contributed by atoms with E-state index in [-0.39, 0.29) is 23.8 Å². The Morgan fingerprint density at radius 1 is 1.07 bits per heavy atom. The molecule has 7 nitrogen and oxygen atoms in total. The van der Waals surface area contributed by atoms with Crippen LogP contribution in [0.5, 0.6) is 5.75 Å². The summed E-state index contributed by atoms with van der Waals surface area (Å²) in [5, 5.41) is 6.16. The Morgan fingerprint density at radius 2 is 1.79 bits per heavy atom. The molecule has 1 aromatic heterocycles. The topological polar surface area (TPSA) is 80.8 Å². The number of carbonyl (C=O) groups excluding carboxylic acids is 2. The van der Waals surface area contributed by atoms with Crippen LogP contribution >= 0.6 is 11.3 Å². The van der Waals surface area contributed by atoms with Gasteiger partial charge in [0.2, 0.25) is 5.91 Å². The number of hydrogen-bond acceptors (Lipinski definition) is 7. The maximum Gasteiger partial charge on any atom is 0.333 e. The summed E-state index contributed by atoms with van der Waals surface area (Å²) in [4.78, 5) is 32.5. The molecule has 1 aliphatic rings. The Hall–Kier alpha value is -3.75. The Morgan fingerprint density at radius 3 is 2.48 bits per heavy atom. The number of ether oxygens (including phenoxy) is 2. The molecule has 0 aliphatic carbocycles. The van der Waals surface area contributed by atoms with Gasteiger partial charge in [-0.1, -0.05) is 42.5 Å². The molecule has 8 heteroatoms. The van der Waals surface area contributed by atoms with Gasteiger partial charge in [-0.25, -0.2) is 9.78 Å². The zero-order chi connectivity index (χ0) is 29.9. The lowest BCUT2D eigenvalue weighted by atomic mass is 9.95. The average Bonchev–Trinajstić information content (AvgIpc) is 3.45. The minimum absolute atomic E-state index is 0.00928. The Kier molecular flexibility index (Phi) is 11.5. The van der Waals surface area contributed by atoms with E-state index in [1.807, 2.05) is 60.8 Å². The summed E-state index contributed by atoms with van der Waals surface area (Å²) in [6.07, 6.45) is 6.09. The van der Waals surface area contributed by atoms with Gasteiger partial charge >= 0.3 is 5.97 Å². The van der Waals surface area contributed by atoms with E-state index >= 15 is 0 Å². The molecule has 3 aromatic rings. The molecule has 0 saturated carbocycles. The van der Waals surface area contributed by atoms with E-state index in [0.717, 1.165) is 59.1 Å². The summed E-state index contributed by atoms with van der Waals surface area (Å²) < 4.78 is 11.0. The van der Waals surface area contributed by atoms with Gasteiger partial charge in [-0.2, -0.15) is 0 Å². The van der Waals surface area contributed by atoms with Gasteiger partial charge in [0.1, 0.15) is 17.4 Å². The van der Waals surface area contributed by atoms with Crippen LogP contribution in [0.1, 0.15) is 61.5 Å². The van der Waals surface area contributed by atoms with Crippen molar-refractivity contribution in [3.63, 3.8) is 0 Å². The number of piperidine rings is 1. The standard InChI is InChI=1S/C34H41N3O4S/c1-5-40-34(39)25(3)19-24(2)20-29-23-42-33(35-29)31(36-32(38)28-15-17-37(4)18-16-28)21-26-11-13-30(14-12-26)41-22-27-9-7-6-8-10-27/h6-14,19-20,23,28,31H,5,15-18,21-22H2,1-4H3,(H,36,38)/b24-20+,25-19-/t31-/m0/s1. The number of aromatic nitrogens is 1. The van der Waals surface area contributed by atoms with E-state index in [1.165, 1.54) is 11.3 Å². The molecule has 2 aromatic carbocycles. The largest absolute Gasteiger partial charge is 0.489 e. The number of thiazole rings is 1. The number of rotatable bonds is 12. The van der Waals surface area contributed by atoms with Crippen LogP contribution in [0.15, 0.2) is 77.2 Å². The number of benzene rings is 2. The Bertz CT molecular complexity index is 1370. The van der Waals surface area contributed by atoms with Gasteiger partial charge in [-0.3, -0.25) is 4.79 Å². The van der Waals surface area contributed by atoms with E-state index < -0.39 is 0 Å². The number of likely N-dealkylation sites (tertiary alicyclic amines) is 1. The number of allylic oxidation sites excluding steroid dienone is 2. The highest BCUT2D eigenvalue weighted by atomic mass is 32.1. The third kappa shape index (κ3) is 9.39. The number of nitrogens with zero attached hydrogens (tertiary/aromatic N) is 2.